The number of carbonyl (C=O) groups is 1. The number of nitrogens with zero attached hydrogens (tertiary/aromatic N) is 1. The van der Waals surface area contributed by atoms with E-state index < -0.39 is 0 Å². The highest BCUT2D eigenvalue weighted by Gasteiger charge is 2.22. The molecule has 1 aliphatic heterocycles. The summed E-state index contributed by atoms with van der Waals surface area (Å²) in [6.07, 6.45) is 3.89. The van der Waals surface area contributed by atoms with Gasteiger partial charge in [0.05, 0.1) is 0 Å². The average molecular weight is 260 g/mol. The highest BCUT2D eigenvalue weighted by Crippen LogP contribution is 2.15. The molecule has 0 spiro atoms. The van der Waals surface area contributed by atoms with Gasteiger partial charge in [0.25, 0.3) is 0 Å². The predicted octanol–water partition coefficient (Wildman–Crippen LogP) is 2.22. The molecule has 1 saturated heterocycles. The van der Waals surface area contributed by atoms with Gasteiger partial charge in [0.1, 0.15) is 0 Å². The van der Waals surface area contributed by atoms with Crippen LogP contribution in [0.1, 0.15) is 31.7 Å². The lowest BCUT2D eigenvalue weighted by molar-refractivity contribution is -0.121. The number of benzene rings is 1. The third-order valence-corrected chi connectivity index (χ3v) is 3.92. The van der Waals surface area contributed by atoms with Crippen LogP contribution in [0, 0.1) is 0 Å². The van der Waals surface area contributed by atoms with Crippen molar-refractivity contribution in [3.63, 3.8) is 0 Å². The van der Waals surface area contributed by atoms with Crippen molar-refractivity contribution in [1.29, 1.82) is 0 Å². The minimum atomic E-state index is 0.173. The SMILES string of the molecule is CCN1CCC[C@H]1CNC(=O)CCc1ccccc1. The number of carbonyl (C=O) groups excluding carboxylic acids is 1. The molecule has 1 aromatic rings. The maximum absolute atomic E-state index is 11.8. The second kappa shape index (κ2) is 7.29. The van der Waals surface area contributed by atoms with E-state index in [1.165, 1.54) is 24.9 Å². The molecule has 1 aliphatic rings. The lowest BCUT2D eigenvalue weighted by Gasteiger charge is -2.22. The van der Waals surface area contributed by atoms with Gasteiger partial charge in [-0.05, 0) is 37.9 Å². The van der Waals surface area contributed by atoms with Gasteiger partial charge in [0, 0.05) is 19.0 Å². The number of hydrogen-bond donors (Lipinski definition) is 1. The van der Waals surface area contributed by atoms with Crippen molar-refractivity contribution in [3.8, 4) is 0 Å². The van der Waals surface area contributed by atoms with E-state index in [9.17, 15) is 4.79 Å². The van der Waals surface area contributed by atoms with E-state index in [1.54, 1.807) is 0 Å². The molecule has 0 aliphatic carbocycles. The van der Waals surface area contributed by atoms with Crippen molar-refractivity contribution >= 4 is 5.91 Å². The number of rotatable bonds is 6. The summed E-state index contributed by atoms with van der Waals surface area (Å²) in [5.74, 6) is 0.173. The molecule has 1 atom stereocenters. The van der Waals surface area contributed by atoms with E-state index in [-0.39, 0.29) is 5.91 Å². The van der Waals surface area contributed by atoms with E-state index in [2.05, 4.69) is 29.3 Å². The molecule has 2 rings (SSSR count). The van der Waals surface area contributed by atoms with Gasteiger partial charge in [-0.15, -0.1) is 0 Å². The molecule has 1 fully saturated rings. The van der Waals surface area contributed by atoms with Gasteiger partial charge in [-0.25, -0.2) is 0 Å². The Morgan fingerprint density at radius 3 is 2.89 bits per heavy atom. The fourth-order valence-electron chi connectivity index (χ4n) is 2.77. The van der Waals surface area contributed by atoms with Crippen LogP contribution in [0.25, 0.3) is 0 Å². The highest BCUT2D eigenvalue weighted by atomic mass is 16.1. The standard InChI is InChI=1S/C16H24N2O/c1-2-18-12-6-9-15(18)13-17-16(19)11-10-14-7-4-3-5-8-14/h3-5,7-8,15H,2,6,9-13H2,1H3,(H,17,19)/t15-/m0/s1. The maximum Gasteiger partial charge on any atom is 0.220 e. The Bertz CT molecular complexity index is 391. The molecular formula is C16H24N2O. The van der Waals surface area contributed by atoms with Gasteiger partial charge < -0.3 is 5.32 Å². The number of hydrogen-bond acceptors (Lipinski definition) is 2. The van der Waals surface area contributed by atoms with E-state index in [4.69, 9.17) is 0 Å². The molecule has 0 saturated carbocycles. The van der Waals surface area contributed by atoms with Gasteiger partial charge >= 0.3 is 0 Å². The lowest BCUT2D eigenvalue weighted by atomic mass is 10.1. The Balaban J connectivity index is 1.67. The highest BCUT2D eigenvalue weighted by molar-refractivity contribution is 5.76. The minimum Gasteiger partial charge on any atom is -0.355 e. The van der Waals surface area contributed by atoms with Crippen LogP contribution in [0.4, 0.5) is 0 Å². The molecule has 3 heteroatoms. The van der Waals surface area contributed by atoms with Crippen molar-refractivity contribution in [2.75, 3.05) is 19.6 Å². The maximum atomic E-state index is 11.8. The summed E-state index contributed by atoms with van der Waals surface area (Å²) in [6, 6.07) is 10.7. The van der Waals surface area contributed by atoms with Gasteiger partial charge in [0.2, 0.25) is 5.91 Å². The second-order valence-corrected chi connectivity index (χ2v) is 5.21. The van der Waals surface area contributed by atoms with Crippen LogP contribution >= 0.6 is 0 Å². The quantitative estimate of drug-likeness (QED) is 0.850. The Morgan fingerprint density at radius 1 is 1.37 bits per heavy atom. The molecule has 0 unspecified atom stereocenters. The zero-order valence-electron chi connectivity index (χ0n) is 11.8. The molecule has 0 aromatic heterocycles. The van der Waals surface area contributed by atoms with Crippen LogP contribution in [0.5, 0.6) is 0 Å². The van der Waals surface area contributed by atoms with Gasteiger partial charge in [-0.1, -0.05) is 37.3 Å². The van der Waals surface area contributed by atoms with Crippen molar-refractivity contribution in [2.24, 2.45) is 0 Å². The van der Waals surface area contributed by atoms with Crippen molar-refractivity contribution in [3.05, 3.63) is 35.9 Å². The molecule has 1 amide bonds. The van der Waals surface area contributed by atoms with Crippen molar-refractivity contribution < 1.29 is 4.79 Å². The Morgan fingerprint density at radius 2 is 2.16 bits per heavy atom. The fraction of sp³-hybridized carbons (Fsp3) is 0.562. The summed E-state index contributed by atoms with van der Waals surface area (Å²) in [7, 11) is 0. The largest absolute Gasteiger partial charge is 0.355 e. The Hall–Kier alpha value is -1.35. The number of likely N-dealkylation sites (tertiary alicyclic amines) is 1. The lowest BCUT2D eigenvalue weighted by Crippen LogP contribution is -2.40. The van der Waals surface area contributed by atoms with E-state index in [0.717, 1.165) is 19.5 Å². The first-order chi connectivity index (χ1) is 9.29. The zero-order chi connectivity index (χ0) is 13.5. The molecule has 1 aromatic carbocycles. The topological polar surface area (TPSA) is 32.3 Å². The smallest absolute Gasteiger partial charge is 0.220 e. The van der Waals surface area contributed by atoms with Crippen molar-refractivity contribution in [1.82, 2.24) is 10.2 Å². The van der Waals surface area contributed by atoms with Gasteiger partial charge in [-0.3, -0.25) is 9.69 Å². The van der Waals surface area contributed by atoms with Gasteiger partial charge in [-0.2, -0.15) is 0 Å². The van der Waals surface area contributed by atoms with E-state index >= 15 is 0 Å². The first-order valence-corrected chi connectivity index (χ1v) is 7.34. The number of nitrogens with one attached hydrogen (secondary N) is 1. The monoisotopic (exact) mass is 260 g/mol. The minimum absolute atomic E-state index is 0.173. The third-order valence-electron chi connectivity index (χ3n) is 3.92. The molecule has 1 N–H and O–H groups in total. The zero-order valence-corrected chi connectivity index (χ0v) is 11.8. The summed E-state index contributed by atoms with van der Waals surface area (Å²) >= 11 is 0. The van der Waals surface area contributed by atoms with Crippen LogP contribution in [0.15, 0.2) is 30.3 Å². The van der Waals surface area contributed by atoms with Crippen molar-refractivity contribution in [2.45, 2.75) is 38.6 Å². The summed E-state index contributed by atoms with van der Waals surface area (Å²) in [5.41, 5.74) is 1.23. The Labute approximate surface area is 116 Å². The third kappa shape index (κ3) is 4.35. The van der Waals surface area contributed by atoms with E-state index in [1.807, 2.05) is 18.2 Å². The molecule has 0 bridgehead atoms. The average Bonchev–Trinajstić information content (AvgIpc) is 2.91. The number of likely N-dealkylation sites (N-methyl/N-ethyl adjacent to an activating group) is 1. The molecule has 1 heterocycles. The molecule has 104 valence electrons. The summed E-state index contributed by atoms with van der Waals surface area (Å²) in [4.78, 5) is 14.3. The molecular weight excluding hydrogens is 236 g/mol. The van der Waals surface area contributed by atoms with Crippen LogP contribution in [-0.4, -0.2) is 36.5 Å². The number of aryl methyl sites for hydroxylation is 1. The summed E-state index contributed by atoms with van der Waals surface area (Å²) in [6.45, 7) is 5.27. The Kier molecular flexibility index (Phi) is 5.40. The van der Waals surface area contributed by atoms with Gasteiger partial charge in [0.15, 0.2) is 0 Å². The van der Waals surface area contributed by atoms with E-state index in [0.29, 0.717) is 12.5 Å². The van der Waals surface area contributed by atoms with Crippen LogP contribution in [-0.2, 0) is 11.2 Å². The van der Waals surface area contributed by atoms with Crippen LogP contribution in [0.3, 0.4) is 0 Å². The first-order valence-electron chi connectivity index (χ1n) is 7.34. The predicted molar refractivity (Wildman–Crippen MR) is 78.0 cm³/mol. The summed E-state index contributed by atoms with van der Waals surface area (Å²) in [5, 5.41) is 3.08. The summed E-state index contributed by atoms with van der Waals surface area (Å²) < 4.78 is 0. The first kappa shape index (κ1) is 14.1. The normalized spacial score (nSPS) is 19.5. The van der Waals surface area contributed by atoms with Crippen LogP contribution < -0.4 is 5.32 Å². The van der Waals surface area contributed by atoms with Crippen LogP contribution in [0.2, 0.25) is 0 Å². The fourth-order valence-corrected chi connectivity index (χ4v) is 2.77. The molecule has 0 radical (unpaired) electrons. The second-order valence-electron chi connectivity index (χ2n) is 5.21. The molecule has 19 heavy (non-hydrogen) atoms. The molecule has 3 nitrogen and oxygen atoms in total. The number of amides is 1.